The van der Waals surface area contributed by atoms with Gasteiger partial charge in [-0.25, -0.2) is 8.42 Å². The van der Waals surface area contributed by atoms with Crippen LogP contribution in [0.5, 0.6) is 0 Å². The first-order valence-electron chi connectivity index (χ1n) is 14.4. The van der Waals surface area contributed by atoms with E-state index in [1.54, 1.807) is 12.1 Å². The number of nitrogens with zero attached hydrogens (tertiary/aromatic N) is 1. The van der Waals surface area contributed by atoms with Gasteiger partial charge in [0.15, 0.2) is 11.6 Å². The highest BCUT2D eigenvalue weighted by Gasteiger charge is 2.28. The maximum absolute atomic E-state index is 13.8. The van der Waals surface area contributed by atoms with Crippen LogP contribution in [0.25, 0.3) is 0 Å². The van der Waals surface area contributed by atoms with Gasteiger partial charge < -0.3 is 5.11 Å². The van der Waals surface area contributed by atoms with E-state index in [9.17, 15) is 23.1 Å². The molecule has 41 heavy (non-hydrogen) atoms. The SMILES string of the molecule is C[C@@H](CC(=O)c1cc(C(=O)C[C@@H](Cc2ccccc2)[C@H](O)CCC2CC2)cc(N(C)S(C)(=O)=O)c1)c1ccccc1. The van der Waals surface area contributed by atoms with E-state index in [1.807, 2.05) is 67.6 Å². The number of hydrogen-bond donors (Lipinski definition) is 1. The molecule has 0 aliphatic heterocycles. The fourth-order valence-corrected chi connectivity index (χ4v) is 5.76. The number of aliphatic hydroxyl groups excluding tert-OH is 1. The summed E-state index contributed by atoms with van der Waals surface area (Å²) in [6, 6.07) is 24.2. The van der Waals surface area contributed by atoms with Crippen molar-refractivity contribution in [1.29, 1.82) is 0 Å². The van der Waals surface area contributed by atoms with Crippen LogP contribution in [-0.2, 0) is 16.4 Å². The van der Waals surface area contributed by atoms with Crippen LogP contribution in [0, 0.1) is 11.8 Å². The smallest absolute Gasteiger partial charge is 0.231 e. The van der Waals surface area contributed by atoms with E-state index < -0.39 is 16.1 Å². The maximum Gasteiger partial charge on any atom is 0.231 e. The van der Waals surface area contributed by atoms with Crippen molar-refractivity contribution in [2.75, 3.05) is 17.6 Å². The molecule has 3 atom stereocenters. The Morgan fingerprint density at radius 1 is 0.902 bits per heavy atom. The number of hydrogen-bond acceptors (Lipinski definition) is 5. The van der Waals surface area contributed by atoms with Gasteiger partial charge in [0.2, 0.25) is 10.0 Å². The molecule has 0 radical (unpaired) electrons. The molecular formula is C34H41NO5S. The number of benzene rings is 3. The molecule has 218 valence electrons. The van der Waals surface area contributed by atoms with E-state index in [1.165, 1.54) is 26.0 Å². The summed E-state index contributed by atoms with van der Waals surface area (Å²) in [5.41, 5.74) is 2.93. The largest absolute Gasteiger partial charge is 0.393 e. The monoisotopic (exact) mass is 575 g/mol. The number of sulfonamides is 1. The standard InChI is InChI=1S/C34H41NO5S/c1-24(27-12-8-5-9-13-27)18-33(37)29-20-30(22-31(21-29)35(2)41(3,39)40)34(38)23-28(19-26-10-6-4-7-11-26)32(36)17-16-25-14-15-25/h4-13,20-22,24-25,28,32,36H,14-19,23H2,1-3H3/t24-,28+,32+/m0/s1. The van der Waals surface area contributed by atoms with Crippen LogP contribution < -0.4 is 4.31 Å². The summed E-state index contributed by atoms with van der Waals surface area (Å²) >= 11 is 0. The maximum atomic E-state index is 13.8. The first-order valence-corrected chi connectivity index (χ1v) is 16.3. The minimum Gasteiger partial charge on any atom is -0.393 e. The van der Waals surface area contributed by atoms with Gasteiger partial charge in [-0.1, -0.05) is 80.4 Å². The highest BCUT2D eigenvalue weighted by molar-refractivity contribution is 7.92. The van der Waals surface area contributed by atoms with Crippen LogP contribution in [0.1, 0.15) is 83.2 Å². The summed E-state index contributed by atoms with van der Waals surface area (Å²) in [6.07, 6.45) is 5.34. The molecule has 1 fully saturated rings. The number of aliphatic hydroxyl groups is 1. The zero-order valence-electron chi connectivity index (χ0n) is 24.2. The highest BCUT2D eigenvalue weighted by Crippen LogP contribution is 2.35. The van der Waals surface area contributed by atoms with E-state index in [2.05, 4.69) is 0 Å². The lowest BCUT2D eigenvalue weighted by Crippen LogP contribution is -2.27. The summed E-state index contributed by atoms with van der Waals surface area (Å²) in [5, 5.41) is 11.1. The predicted octanol–water partition coefficient (Wildman–Crippen LogP) is 6.44. The average Bonchev–Trinajstić information content (AvgIpc) is 3.80. The zero-order valence-corrected chi connectivity index (χ0v) is 25.0. The Morgan fingerprint density at radius 2 is 1.46 bits per heavy atom. The molecule has 1 aliphatic rings. The topological polar surface area (TPSA) is 91.8 Å². The number of Topliss-reactive ketones (excluding diaryl/α,β-unsaturated/α-hetero) is 2. The lowest BCUT2D eigenvalue weighted by atomic mass is 9.85. The Bertz CT molecular complexity index is 1430. The van der Waals surface area contributed by atoms with Gasteiger partial charge in [0.05, 0.1) is 18.0 Å². The summed E-state index contributed by atoms with van der Waals surface area (Å²) in [5.74, 6) is -0.0456. The molecule has 0 amide bonds. The second-order valence-corrected chi connectivity index (χ2v) is 13.6. The van der Waals surface area contributed by atoms with Gasteiger partial charge in [-0.3, -0.25) is 13.9 Å². The van der Waals surface area contributed by atoms with Crippen molar-refractivity contribution >= 4 is 27.3 Å². The Kier molecular flexibility index (Phi) is 10.2. The Hall–Kier alpha value is -3.29. The third-order valence-electron chi connectivity index (χ3n) is 8.18. The number of ketones is 2. The summed E-state index contributed by atoms with van der Waals surface area (Å²) in [7, 11) is -2.21. The molecular weight excluding hydrogens is 534 g/mol. The fourth-order valence-electron chi connectivity index (χ4n) is 5.27. The molecule has 4 rings (SSSR count). The molecule has 1 N–H and O–H groups in total. The van der Waals surface area contributed by atoms with Gasteiger partial charge in [0, 0.05) is 31.0 Å². The fraction of sp³-hybridized carbons (Fsp3) is 0.412. The van der Waals surface area contributed by atoms with Crippen LogP contribution >= 0.6 is 0 Å². The van der Waals surface area contributed by atoms with E-state index in [0.717, 1.165) is 28.1 Å². The second-order valence-electron chi connectivity index (χ2n) is 11.6. The van der Waals surface area contributed by atoms with Gasteiger partial charge in [-0.15, -0.1) is 0 Å². The van der Waals surface area contributed by atoms with Crippen molar-refractivity contribution in [3.8, 4) is 0 Å². The van der Waals surface area contributed by atoms with Crippen molar-refractivity contribution in [3.63, 3.8) is 0 Å². The average molecular weight is 576 g/mol. The normalized spacial score (nSPS) is 15.6. The molecule has 7 heteroatoms. The first-order chi connectivity index (χ1) is 19.5. The minimum atomic E-state index is -3.62. The Labute approximate surface area is 244 Å². The van der Waals surface area contributed by atoms with Gasteiger partial charge in [0.1, 0.15) is 0 Å². The molecule has 0 saturated heterocycles. The van der Waals surface area contributed by atoms with Gasteiger partial charge in [0.25, 0.3) is 0 Å². The molecule has 3 aromatic rings. The summed E-state index contributed by atoms with van der Waals surface area (Å²) in [6.45, 7) is 1.98. The lowest BCUT2D eigenvalue weighted by Gasteiger charge is -2.24. The third kappa shape index (κ3) is 8.85. The molecule has 3 aromatic carbocycles. The van der Waals surface area contributed by atoms with Crippen LogP contribution in [0.15, 0.2) is 78.9 Å². The van der Waals surface area contributed by atoms with Gasteiger partial charge >= 0.3 is 0 Å². The number of anilines is 1. The second kappa shape index (κ2) is 13.6. The number of rotatable bonds is 15. The minimum absolute atomic E-state index is 0.0454. The molecule has 1 aliphatic carbocycles. The first kappa shape index (κ1) is 30.7. The quantitative estimate of drug-likeness (QED) is 0.211. The van der Waals surface area contributed by atoms with Crippen molar-refractivity contribution in [1.82, 2.24) is 0 Å². The Balaban J connectivity index is 1.61. The molecule has 0 spiro atoms. The molecule has 1 saturated carbocycles. The van der Waals surface area contributed by atoms with E-state index in [4.69, 9.17) is 0 Å². The number of carbonyl (C=O) groups is 2. The molecule has 0 heterocycles. The lowest BCUT2D eigenvalue weighted by molar-refractivity contribution is 0.0740. The number of carbonyl (C=O) groups excluding carboxylic acids is 2. The summed E-state index contributed by atoms with van der Waals surface area (Å²) < 4.78 is 25.9. The van der Waals surface area contributed by atoms with E-state index >= 15 is 0 Å². The molecule has 6 nitrogen and oxygen atoms in total. The molecule has 0 unspecified atom stereocenters. The Morgan fingerprint density at radius 3 is 2.02 bits per heavy atom. The summed E-state index contributed by atoms with van der Waals surface area (Å²) in [4.78, 5) is 27.2. The van der Waals surface area contributed by atoms with Gasteiger partial charge in [-0.05, 0) is 66.3 Å². The third-order valence-corrected chi connectivity index (χ3v) is 9.39. The molecule has 0 aromatic heterocycles. The van der Waals surface area contributed by atoms with Crippen LogP contribution in [0.2, 0.25) is 0 Å². The van der Waals surface area contributed by atoms with E-state index in [-0.39, 0.29) is 47.5 Å². The molecule has 0 bridgehead atoms. The van der Waals surface area contributed by atoms with Crippen molar-refractivity contribution in [2.45, 2.75) is 63.9 Å². The van der Waals surface area contributed by atoms with Crippen LogP contribution in [-0.4, -0.2) is 44.5 Å². The van der Waals surface area contributed by atoms with Gasteiger partial charge in [-0.2, -0.15) is 0 Å². The van der Waals surface area contributed by atoms with Crippen LogP contribution in [0.4, 0.5) is 5.69 Å². The zero-order chi connectivity index (χ0) is 29.6. The van der Waals surface area contributed by atoms with Crippen molar-refractivity contribution in [3.05, 3.63) is 101 Å². The highest BCUT2D eigenvalue weighted by atomic mass is 32.2. The van der Waals surface area contributed by atoms with Crippen molar-refractivity contribution < 1.29 is 23.1 Å². The van der Waals surface area contributed by atoms with E-state index in [0.29, 0.717) is 24.3 Å². The van der Waals surface area contributed by atoms with Crippen LogP contribution in [0.3, 0.4) is 0 Å². The predicted molar refractivity (Wildman–Crippen MR) is 164 cm³/mol. The van der Waals surface area contributed by atoms with Crippen molar-refractivity contribution in [2.24, 2.45) is 11.8 Å².